The molecule has 1 aliphatic heterocycles. The van der Waals surface area contributed by atoms with Crippen molar-refractivity contribution in [1.82, 2.24) is 14.9 Å². The number of aromatic nitrogens is 2. The lowest BCUT2D eigenvalue weighted by Crippen LogP contribution is -2.41. The summed E-state index contributed by atoms with van der Waals surface area (Å²) in [6, 6.07) is 22.3. The zero-order valence-electron chi connectivity index (χ0n) is 16.4. The van der Waals surface area contributed by atoms with Gasteiger partial charge in [-0.25, -0.2) is 4.98 Å². The third-order valence-electron chi connectivity index (χ3n) is 5.14. The van der Waals surface area contributed by atoms with Gasteiger partial charge in [0, 0.05) is 22.8 Å². The average molecular weight is 416 g/mol. The number of thiophene rings is 1. The predicted molar refractivity (Wildman–Crippen MR) is 121 cm³/mol. The van der Waals surface area contributed by atoms with E-state index in [0.717, 1.165) is 15.9 Å². The van der Waals surface area contributed by atoms with Crippen LogP contribution in [0.3, 0.4) is 0 Å². The number of H-pyrrole nitrogens is 1. The minimum absolute atomic E-state index is 0.0213. The van der Waals surface area contributed by atoms with Crippen LogP contribution in [0.4, 0.5) is 0 Å². The van der Waals surface area contributed by atoms with Gasteiger partial charge in [0.15, 0.2) is 0 Å². The molecular weight excluding hydrogens is 394 g/mol. The number of nitrogens with zero attached hydrogens (tertiary/aromatic N) is 2. The lowest BCUT2D eigenvalue weighted by molar-refractivity contribution is -0.128. The molecule has 1 aliphatic rings. The number of para-hydroxylation sites is 2. The van der Waals surface area contributed by atoms with Gasteiger partial charge in [-0.15, -0.1) is 11.3 Å². The lowest BCUT2D eigenvalue weighted by atomic mass is 10.1. The number of fused-ring (bicyclic) bond motifs is 1. The van der Waals surface area contributed by atoms with Crippen LogP contribution in [0, 0.1) is 0 Å². The predicted octanol–water partition coefficient (Wildman–Crippen LogP) is 4.69. The summed E-state index contributed by atoms with van der Waals surface area (Å²) in [6.07, 6.45) is 1.95. The van der Waals surface area contributed by atoms with Gasteiger partial charge in [-0.1, -0.05) is 42.5 Å². The van der Waals surface area contributed by atoms with Gasteiger partial charge in [0.1, 0.15) is 5.82 Å². The Morgan fingerprint density at radius 3 is 2.57 bits per heavy atom. The number of carbonyl (C=O) groups is 1. The highest BCUT2D eigenvalue weighted by Crippen LogP contribution is 2.31. The van der Waals surface area contributed by atoms with Crippen molar-refractivity contribution in [2.45, 2.75) is 0 Å². The number of amides is 1. The Morgan fingerprint density at radius 2 is 1.77 bits per heavy atom. The summed E-state index contributed by atoms with van der Waals surface area (Å²) in [6.45, 7) is 2.32. The molecule has 0 spiro atoms. The normalized spacial score (nSPS) is 14.9. The number of hydrogen-bond donors (Lipinski definition) is 1. The molecule has 4 aromatic rings. The second-order valence-electron chi connectivity index (χ2n) is 7.13. The number of imidazole rings is 1. The molecule has 3 heterocycles. The van der Waals surface area contributed by atoms with Crippen LogP contribution in [0.15, 0.2) is 66.7 Å². The molecule has 0 bridgehead atoms. The summed E-state index contributed by atoms with van der Waals surface area (Å²) < 4.78 is 5.42. The van der Waals surface area contributed by atoms with Gasteiger partial charge >= 0.3 is 0 Å². The second-order valence-corrected chi connectivity index (χ2v) is 8.25. The number of benzene rings is 2. The molecule has 0 radical (unpaired) electrons. The van der Waals surface area contributed by atoms with E-state index >= 15 is 0 Å². The topological polar surface area (TPSA) is 58.2 Å². The number of morpholine rings is 1. The van der Waals surface area contributed by atoms with Crippen molar-refractivity contribution in [2.24, 2.45) is 0 Å². The third-order valence-corrected chi connectivity index (χ3v) is 6.23. The van der Waals surface area contributed by atoms with E-state index in [2.05, 4.69) is 29.2 Å². The van der Waals surface area contributed by atoms with Crippen molar-refractivity contribution in [1.29, 1.82) is 0 Å². The molecular formula is C24H21N3O2S. The Balaban J connectivity index is 1.55. The van der Waals surface area contributed by atoms with Crippen molar-refractivity contribution in [3.63, 3.8) is 0 Å². The second kappa shape index (κ2) is 8.26. The van der Waals surface area contributed by atoms with E-state index in [9.17, 15) is 4.79 Å². The first-order valence-electron chi connectivity index (χ1n) is 9.97. The molecule has 0 aliphatic carbocycles. The van der Waals surface area contributed by atoms with Crippen LogP contribution < -0.4 is 0 Å². The fourth-order valence-corrected chi connectivity index (χ4v) is 4.54. The van der Waals surface area contributed by atoms with E-state index in [1.165, 1.54) is 10.4 Å². The summed E-state index contributed by atoms with van der Waals surface area (Å²) >= 11 is 1.67. The van der Waals surface area contributed by atoms with E-state index in [-0.39, 0.29) is 5.91 Å². The largest absolute Gasteiger partial charge is 0.378 e. The van der Waals surface area contributed by atoms with Crippen LogP contribution >= 0.6 is 11.3 Å². The molecule has 30 heavy (non-hydrogen) atoms. The third kappa shape index (κ3) is 3.79. The van der Waals surface area contributed by atoms with Gasteiger partial charge in [0.2, 0.25) is 0 Å². The van der Waals surface area contributed by atoms with Gasteiger partial charge in [-0.05, 0) is 35.9 Å². The fourth-order valence-electron chi connectivity index (χ4n) is 3.58. The Bertz CT molecular complexity index is 1170. The Morgan fingerprint density at radius 1 is 1.00 bits per heavy atom. The van der Waals surface area contributed by atoms with Gasteiger partial charge < -0.3 is 14.6 Å². The highest BCUT2D eigenvalue weighted by atomic mass is 32.1. The van der Waals surface area contributed by atoms with Crippen molar-refractivity contribution < 1.29 is 9.53 Å². The van der Waals surface area contributed by atoms with Gasteiger partial charge in [-0.2, -0.15) is 0 Å². The monoisotopic (exact) mass is 415 g/mol. The molecule has 1 N–H and O–H groups in total. The van der Waals surface area contributed by atoms with E-state index in [1.807, 2.05) is 53.4 Å². The van der Waals surface area contributed by atoms with Crippen molar-refractivity contribution in [3.05, 3.63) is 77.4 Å². The summed E-state index contributed by atoms with van der Waals surface area (Å²) in [4.78, 5) is 25.4. The van der Waals surface area contributed by atoms with Crippen LogP contribution in [-0.2, 0) is 9.53 Å². The van der Waals surface area contributed by atoms with Crippen LogP contribution in [-0.4, -0.2) is 47.1 Å². The molecule has 150 valence electrons. The highest BCUT2D eigenvalue weighted by molar-refractivity contribution is 7.16. The molecule has 0 atom stereocenters. The maximum absolute atomic E-state index is 13.4. The van der Waals surface area contributed by atoms with Crippen molar-refractivity contribution in [3.8, 4) is 10.4 Å². The molecule has 1 saturated heterocycles. The van der Waals surface area contributed by atoms with Gasteiger partial charge in [0.05, 0.1) is 29.8 Å². The zero-order valence-corrected chi connectivity index (χ0v) is 17.2. The Kier molecular flexibility index (Phi) is 5.17. The standard InChI is InChI=1S/C24H21N3O2S/c28-24(27-12-14-29-15-13-27)19(23-25-20-8-4-5-9-21(20)26-23)16-18-10-11-22(30-18)17-6-2-1-3-7-17/h1-11,16H,12-15H2,(H,25,26)/b19-16+. The van der Waals surface area contributed by atoms with E-state index in [0.29, 0.717) is 37.7 Å². The fraction of sp³-hybridized carbons (Fsp3) is 0.167. The molecule has 6 heteroatoms. The van der Waals surface area contributed by atoms with Crippen molar-refractivity contribution >= 4 is 39.9 Å². The maximum Gasteiger partial charge on any atom is 0.257 e. The molecule has 5 nitrogen and oxygen atoms in total. The number of aromatic amines is 1. The smallest absolute Gasteiger partial charge is 0.257 e. The first-order chi connectivity index (χ1) is 14.8. The first-order valence-corrected chi connectivity index (χ1v) is 10.8. The summed E-state index contributed by atoms with van der Waals surface area (Å²) in [7, 11) is 0. The number of carbonyl (C=O) groups excluding carboxylic acids is 1. The maximum atomic E-state index is 13.4. The average Bonchev–Trinajstić information content (AvgIpc) is 3.45. The minimum Gasteiger partial charge on any atom is -0.378 e. The van der Waals surface area contributed by atoms with Crippen LogP contribution in [0.25, 0.3) is 33.1 Å². The molecule has 5 rings (SSSR count). The van der Waals surface area contributed by atoms with E-state index < -0.39 is 0 Å². The molecule has 0 saturated carbocycles. The molecule has 2 aromatic carbocycles. The summed E-state index contributed by atoms with van der Waals surface area (Å²) in [5.74, 6) is 0.578. The van der Waals surface area contributed by atoms with Gasteiger partial charge in [0.25, 0.3) is 5.91 Å². The van der Waals surface area contributed by atoms with Crippen LogP contribution in [0.5, 0.6) is 0 Å². The number of ether oxygens (including phenoxy) is 1. The summed E-state index contributed by atoms with van der Waals surface area (Å²) in [5.41, 5.74) is 3.52. The van der Waals surface area contributed by atoms with Gasteiger partial charge in [-0.3, -0.25) is 4.79 Å². The van der Waals surface area contributed by atoms with Crippen LogP contribution in [0.1, 0.15) is 10.7 Å². The SMILES string of the molecule is O=C(/C(=C/c1ccc(-c2ccccc2)s1)c1nc2ccccc2[nH]1)N1CCOCC1. The Hall–Kier alpha value is -3.22. The molecule has 2 aromatic heterocycles. The highest BCUT2D eigenvalue weighted by Gasteiger charge is 2.24. The van der Waals surface area contributed by atoms with E-state index in [1.54, 1.807) is 11.3 Å². The number of rotatable bonds is 4. The Labute approximate surface area is 178 Å². The quantitative estimate of drug-likeness (QED) is 0.492. The van der Waals surface area contributed by atoms with Crippen molar-refractivity contribution in [2.75, 3.05) is 26.3 Å². The first kappa shape index (κ1) is 18.8. The molecule has 1 amide bonds. The number of nitrogens with one attached hydrogen (secondary N) is 1. The van der Waals surface area contributed by atoms with Crippen LogP contribution in [0.2, 0.25) is 0 Å². The zero-order chi connectivity index (χ0) is 20.3. The number of hydrogen-bond acceptors (Lipinski definition) is 4. The lowest BCUT2D eigenvalue weighted by Gasteiger charge is -2.27. The molecule has 1 fully saturated rings. The minimum atomic E-state index is -0.0213. The van der Waals surface area contributed by atoms with E-state index in [4.69, 9.17) is 9.72 Å². The molecule has 0 unspecified atom stereocenters. The summed E-state index contributed by atoms with van der Waals surface area (Å²) in [5, 5.41) is 0.